The number of aryl methyl sites for hydroxylation is 1. The van der Waals surface area contributed by atoms with Crippen molar-refractivity contribution < 1.29 is 5.11 Å². The molecule has 0 fully saturated rings. The van der Waals surface area contributed by atoms with E-state index in [4.69, 9.17) is 0 Å². The first-order chi connectivity index (χ1) is 7.17. The number of rotatable bonds is 5. The molecule has 0 amide bonds. The summed E-state index contributed by atoms with van der Waals surface area (Å²) in [7, 11) is 0. The SMILES string of the molecule is CCc1ccc(CC(CO)C(C)C)cc1. The summed E-state index contributed by atoms with van der Waals surface area (Å²) < 4.78 is 0. The van der Waals surface area contributed by atoms with E-state index in [1.807, 2.05) is 0 Å². The van der Waals surface area contributed by atoms with Crippen molar-refractivity contribution in [2.45, 2.75) is 33.6 Å². The van der Waals surface area contributed by atoms with Gasteiger partial charge in [-0.25, -0.2) is 0 Å². The maximum atomic E-state index is 9.26. The van der Waals surface area contributed by atoms with Gasteiger partial charge in [-0.2, -0.15) is 0 Å². The molecule has 0 heterocycles. The highest BCUT2D eigenvalue weighted by molar-refractivity contribution is 5.22. The lowest BCUT2D eigenvalue weighted by Crippen LogP contribution is -2.16. The van der Waals surface area contributed by atoms with Crippen LogP contribution in [-0.4, -0.2) is 11.7 Å². The molecule has 0 aromatic heterocycles. The molecule has 1 aromatic rings. The molecule has 1 unspecified atom stereocenters. The third-order valence-corrected chi connectivity index (χ3v) is 3.11. The topological polar surface area (TPSA) is 20.2 Å². The van der Waals surface area contributed by atoms with Gasteiger partial charge >= 0.3 is 0 Å². The van der Waals surface area contributed by atoms with Crippen LogP contribution in [0.1, 0.15) is 31.9 Å². The molecule has 1 atom stereocenters. The van der Waals surface area contributed by atoms with Crippen LogP contribution >= 0.6 is 0 Å². The maximum absolute atomic E-state index is 9.26. The third-order valence-electron chi connectivity index (χ3n) is 3.11. The normalized spacial score (nSPS) is 13.1. The molecule has 1 nitrogen and oxygen atoms in total. The lowest BCUT2D eigenvalue weighted by atomic mass is 9.90. The van der Waals surface area contributed by atoms with Crippen molar-refractivity contribution in [3.63, 3.8) is 0 Å². The molecule has 0 saturated carbocycles. The van der Waals surface area contributed by atoms with E-state index in [2.05, 4.69) is 45.0 Å². The monoisotopic (exact) mass is 206 g/mol. The molecule has 0 bridgehead atoms. The van der Waals surface area contributed by atoms with E-state index in [1.54, 1.807) is 0 Å². The average molecular weight is 206 g/mol. The Balaban J connectivity index is 2.63. The molecule has 1 rings (SSSR count). The minimum atomic E-state index is 0.285. The average Bonchev–Trinajstić information content (AvgIpc) is 2.26. The van der Waals surface area contributed by atoms with Crippen molar-refractivity contribution in [1.82, 2.24) is 0 Å². The number of hydrogen-bond acceptors (Lipinski definition) is 1. The number of benzene rings is 1. The summed E-state index contributed by atoms with van der Waals surface area (Å²) in [6.07, 6.45) is 2.08. The standard InChI is InChI=1S/C14H22O/c1-4-12-5-7-13(8-6-12)9-14(10-15)11(2)3/h5-8,11,14-15H,4,9-10H2,1-3H3. The van der Waals surface area contributed by atoms with Crippen molar-refractivity contribution >= 4 is 0 Å². The van der Waals surface area contributed by atoms with Gasteiger partial charge in [-0.15, -0.1) is 0 Å². The second-order valence-electron chi connectivity index (χ2n) is 4.56. The molecule has 1 aromatic carbocycles. The molecule has 0 aliphatic rings. The van der Waals surface area contributed by atoms with Gasteiger partial charge < -0.3 is 5.11 Å². The largest absolute Gasteiger partial charge is 0.396 e. The highest BCUT2D eigenvalue weighted by atomic mass is 16.3. The molecular weight excluding hydrogens is 184 g/mol. The Morgan fingerprint density at radius 1 is 1.07 bits per heavy atom. The van der Waals surface area contributed by atoms with Crippen LogP contribution in [0.5, 0.6) is 0 Å². The van der Waals surface area contributed by atoms with E-state index in [0.717, 1.165) is 12.8 Å². The van der Waals surface area contributed by atoms with Gasteiger partial charge in [0.1, 0.15) is 0 Å². The third kappa shape index (κ3) is 3.67. The van der Waals surface area contributed by atoms with Crippen LogP contribution in [-0.2, 0) is 12.8 Å². The Labute approximate surface area is 93.1 Å². The van der Waals surface area contributed by atoms with E-state index >= 15 is 0 Å². The van der Waals surface area contributed by atoms with E-state index < -0.39 is 0 Å². The van der Waals surface area contributed by atoms with Crippen LogP contribution in [0.4, 0.5) is 0 Å². The Hall–Kier alpha value is -0.820. The molecule has 0 spiro atoms. The highest BCUT2D eigenvalue weighted by Gasteiger charge is 2.12. The summed E-state index contributed by atoms with van der Waals surface area (Å²) in [6, 6.07) is 8.74. The lowest BCUT2D eigenvalue weighted by molar-refractivity contribution is 0.189. The van der Waals surface area contributed by atoms with Crippen LogP contribution in [0.2, 0.25) is 0 Å². The quantitative estimate of drug-likeness (QED) is 0.785. The molecule has 0 saturated heterocycles. The van der Waals surface area contributed by atoms with Gasteiger partial charge in [0.05, 0.1) is 0 Å². The number of aliphatic hydroxyl groups is 1. The first kappa shape index (κ1) is 12.3. The second-order valence-corrected chi connectivity index (χ2v) is 4.56. The van der Waals surface area contributed by atoms with Crippen molar-refractivity contribution in [2.75, 3.05) is 6.61 Å². The van der Waals surface area contributed by atoms with E-state index in [1.165, 1.54) is 11.1 Å². The fourth-order valence-corrected chi connectivity index (χ4v) is 1.72. The first-order valence-electron chi connectivity index (χ1n) is 5.86. The van der Waals surface area contributed by atoms with Gasteiger partial charge in [-0.3, -0.25) is 0 Å². The van der Waals surface area contributed by atoms with Crippen LogP contribution in [0.15, 0.2) is 24.3 Å². The Kier molecular flexibility index (Phi) is 4.83. The first-order valence-corrected chi connectivity index (χ1v) is 5.86. The molecular formula is C14H22O. The maximum Gasteiger partial charge on any atom is 0.0464 e. The molecule has 0 radical (unpaired) electrons. The zero-order valence-corrected chi connectivity index (χ0v) is 10.0. The number of hydrogen-bond donors (Lipinski definition) is 1. The summed E-state index contributed by atoms with van der Waals surface area (Å²) in [6.45, 7) is 6.79. The zero-order chi connectivity index (χ0) is 11.3. The molecule has 0 aliphatic heterocycles. The Morgan fingerprint density at radius 3 is 2.00 bits per heavy atom. The Bertz CT molecular complexity index is 274. The van der Waals surface area contributed by atoms with Gasteiger partial charge in [0.25, 0.3) is 0 Å². The fourth-order valence-electron chi connectivity index (χ4n) is 1.72. The summed E-state index contributed by atoms with van der Waals surface area (Å²) >= 11 is 0. The van der Waals surface area contributed by atoms with Gasteiger partial charge in [-0.1, -0.05) is 45.0 Å². The summed E-state index contributed by atoms with van der Waals surface area (Å²) in [4.78, 5) is 0. The summed E-state index contributed by atoms with van der Waals surface area (Å²) in [5, 5.41) is 9.26. The van der Waals surface area contributed by atoms with Gasteiger partial charge in [-0.05, 0) is 35.8 Å². The second kappa shape index (κ2) is 5.92. The van der Waals surface area contributed by atoms with E-state index in [9.17, 15) is 5.11 Å². The molecule has 1 N–H and O–H groups in total. The molecule has 84 valence electrons. The van der Waals surface area contributed by atoms with Gasteiger partial charge in [0, 0.05) is 6.61 Å². The minimum Gasteiger partial charge on any atom is -0.396 e. The lowest BCUT2D eigenvalue weighted by Gasteiger charge is -2.18. The van der Waals surface area contributed by atoms with Crippen molar-refractivity contribution in [2.24, 2.45) is 11.8 Å². The summed E-state index contributed by atoms with van der Waals surface area (Å²) in [5.74, 6) is 0.929. The molecule has 15 heavy (non-hydrogen) atoms. The van der Waals surface area contributed by atoms with Crippen molar-refractivity contribution in [3.8, 4) is 0 Å². The molecule has 0 aliphatic carbocycles. The van der Waals surface area contributed by atoms with Crippen LogP contribution in [0, 0.1) is 11.8 Å². The minimum absolute atomic E-state index is 0.285. The predicted molar refractivity (Wildman–Crippen MR) is 64.9 cm³/mol. The van der Waals surface area contributed by atoms with Gasteiger partial charge in [0.15, 0.2) is 0 Å². The van der Waals surface area contributed by atoms with Crippen molar-refractivity contribution in [1.29, 1.82) is 0 Å². The van der Waals surface area contributed by atoms with Gasteiger partial charge in [0.2, 0.25) is 0 Å². The van der Waals surface area contributed by atoms with Crippen LogP contribution in [0.3, 0.4) is 0 Å². The van der Waals surface area contributed by atoms with E-state index in [-0.39, 0.29) is 6.61 Å². The van der Waals surface area contributed by atoms with E-state index in [0.29, 0.717) is 11.8 Å². The zero-order valence-electron chi connectivity index (χ0n) is 10.0. The van der Waals surface area contributed by atoms with Crippen LogP contribution < -0.4 is 0 Å². The van der Waals surface area contributed by atoms with Crippen molar-refractivity contribution in [3.05, 3.63) is 35.4 Å². The molecule has 1 heteroatoms. The highest BCUT2D eigenvalue weighted by Crippen LogP contribution is 2.17. The predicted octanol–water partition coefficient (Wildman–Crippen LogP) is 3.06. The summed E-state index contributed by atoms with van der Waals surface area (Å²) in [5.41, 5.74) is 2.71. The number of aliphatic hydroxyl groups excluding tert-OH is 1. The van der Waals surface area contributed by atoms with Crippen LogP contribution in [0.25, 0.3) is 0 Å². The Morgan fingerprint density at radius 2 is 1.60 bits per heavy atom. The fraction of sp³-hybridized carbons (Fsp3) is 0.571. The smallest absolute Gasteiger partial charge is 0.0464 e.